The van der Waals surface area contributed by atoms with Crippen molar-refractivity contribution in [1.82, 2.24) is 10.2 Å². The number of para-hydroxylation sites is 1. The lowest BCUT2D eigenvalue weighted by Crippen LogP contribution is -2.48. The number of rotatable bonds is 10. The van der Waals surface area contributed by atoms with Gasteiger partial charge in [-0.05, 0) is 54.2 Å². The molecular weight excluding hydrogens is 552 g/mol. The summed E-state index contributed by atoms with van der Waals surface area (Å²) in [7, 11) is 0. The zero-order valence-electron chi connectivity index (χ0n) is 25.9. The van der Waals surface area contributed by atoms with E-state index in [9.17, 15) is 19.2 Å². The Balaban J connectivity index is 1.23. The number of ketones is 1. The Kier molecular flexibility index (Phi) is 7.63. The van der Waals surface area contributed by atoms with Crippen LogP contribution in [0, 0.1) is 23.8 Å². The molecule has 230 valence electrons. The number of anilines is 1. The molecule has 0 unspecified atom stereocenters. The van der Waals surface area contributed by atoms with Gasteiger partial charge in [-0.1, -0.05) is 82.1 Å². The van der Waals surface area contributed by atoms with Gasteiger partial charge in [0, 0.05) is 24.6 Å². The average molecular weight is 595 g/mol. The summed E-state index contributed by atoms with van der Waals surface area (Å²) in [6.07, 6.45) is 4.05. The summed E-state index contributed by atoms with van der Waals surface area (Å²) in [5.41, 5.74) is 0.687. The Morgan fingerprint density at radius 1 is 1.07 bits per heavy atom. The van der Waals surface area contributed by atoms with E-state index in [4.69, 9.17) is 6.57 Å². The van der Waals surface area contributed by atoms with Crippen LogP contribution in [0.3, 0.4) is 0 Å². The standard InChI is InChI=1S/C36H42N4O4/c1-34(2,3)20-24(31(42)40-22-36(21-30(40)37-4)26-12-8-9-13-27(26)38-33(36)44)19-29(41)28(18-23-14-15-23)39-32(43)35(16-17-35)25-10-6-5-7-11-25/h5-13,23-24,28,30H,14-22H2,1-3H3,(H,38,44)(H,39,43)/t24-,28-,30-,36-/m0/s1. The van der Waals surface area contributed by atoms with E-state index in [1.54, 1.807) is 4.90 Å². The zero-order valence-corrected chi connectivity index (χ0v) is 25.9. The number of benzene rings is 2. The van der Waals surface area contributed by atoms with Gasteiger partial charge in [0.1, 0.15) is 5.41 Å². The molecule has 0 bridgehead atoms. The molecule has 2 aliphatic heterocycles. The van der Waals surface area contributed by atoms with Crippen molar-refractivity contribution >= 4 is 29.2 Å². The number of Topliss-reactive ketones (excluding diaryl/α,β-unsaturated/α-hetero) is 1. The molecule has 2 aromatic rings. The van der Waals surface area contributed by atoms with Gasteiger partial charge in [-0.3, -0.25) is 28.9 Å². The largest absolute Gasteiger partial charge is 0.346 e. The van der Waals surface area contributed by atoms with Crippen molar-refractivity contribution in [3.05, 3.63) is 77.1 Å². The molecule has 2 N–H and O–H groups in total. The minimum atomic E-state index is -0.976. The first kappa shape index (κ1) is 30.1. The molecule has 6 rings (SSSR count). The number of amides is 3. The maximum absolute atomic E-state index is 14.3. The summed E-state index contributed by atoms with van der Waals surface area (Å²) in [5.74, 6) is -0.952. The number of hydrogen-bond acceptors (Lipinski definition) is 4. The van der Waals surface area contributed by atoms with Gasteiger partial charge in [0.25, 0.3) is 0 Å². The van der Waals surface area contributed by atoms with Crippen molar-refractivity contribution < 1.29 is 19.2 Å². The molecule has 0 radical (unpaired) electrons. The van der Waals surface area contributed by atoms with E-state index in [2.05, 4.69) is 15.5 Å². The lowest BCUT2D eigenvalue weighted by Gasteiger charge is -2.30. The van der Waals surface area contributed by atoms with Crippen LogP contribution in [0.2, 0.25) is 0 Å². The first-order valence-corrected chi connectivity index (χ1v) is 15.9. The molecule has 2 saturated carbocycles. The number of carbonyl (C=O) groups excluding carboxylic acids is 4. The number of likely N-dealkylation sites (tertiary alicyclic amines) is 1. The predicted octanol–water partition coefficient (Wildman–Crippen LogP) is 5.38. The Morgan fingerprint density at radius 3 is 2.39 bits per heavy atom. The SMILES string of the molecule is [C-]#[N+][C@@H]1C[C@@]2(CN1C(=O)[C@@H](CC(=O)[C@H](CC1CC1)NC(=O)C1(c3ccccc3)CC1)CC(C)(C)C)C(=O)Nc1ccccc12. The van der Waals surface area contributed by atoms with Crippen LogP contribution in [0.4, 0.5) is 5.69 Å². The van der Waals surface area contributed by atoms with Crippen LogP contribution in [0.25, 0.3) is 4.85 Å². The first-order chi connectivity index (χ1) is 21.0. The molecule has 4 atom stereocenters. The van der Waals surface area contributed by atoms with E-state index >= 15 is 0 Å². The minimum absolute atomic E-state index is 0.0108. The Bertz CT molecular complexity index is 1510. The van der Waals surface area contributed by atoms with Gasteiger partial charge in [-0.15, -0.1) is 0 Å². The summed E-state index contributed by atoms with van der Waals surface area (Å²) < 4.78 is 0. The smallest absolute Gasteiger partial charge is 0.302 e. The van der Waals surface area contributed by atoms with Crippen LogP contribution >= 0.6 is 0 Å². The number of nitrogens with zero attached hydrogens (tertiary/aromatic N) is 2. The highest BCUT2D eigenvalue weighted by Gasteiger charge is 2.59. The van der Waals surface area contributed by atoms with E-state index in [0.717, 1.165) is 42.5 Å². The second kappa shape index (κ2) is 11.2. The zero-order chi connectivity index (χ0) is 31.3. The number of hydrogen-bond donors (Lipinski definition) is 2. The summed E-state index contributed by atoms with van der Waals surface area (Å²) in [6, 6.07) is 16.6. The highest BCUT2D eigenvalue weighted by molar-refractivity contribution is 6.07. The molecule has 0 aromatic heterocycles. The maximum atomic E-state index is 14.3. The molecule has 2 aromatic carbocycles. The summed E-state index contributed by atoms with van der Waals surface area (Å²) in [5, 5.41) is 6.07. The highest BCUT2D eigenvalue weighted by Crippen LogP contribution is 2.49. The molecular formula is C36H42N4O4. The summed E-state index contributed by atoms with van der Waals surface area (Å²) in [6.45, 7) is 14.2. The van der Waals surface area contributed by atoms with Crippen LogP contribution in [0.5, 0.6) is 0 Å². The first-order valence-electron chi connectivity index (χ1n) is 15.9. The third-order valence-corrected chi connectivity index (χ3v) is 10.0. The molecule has 1 saturated heterocycles. The van der Waals surface area contributed by atoms with Gasteiger partial charge in [0.15, 0.2) is 5.78 Å². The monoisotopic (exact) mass is 594 g/mol. The fourth-order valence-corrected chi connectivity index (χ4v) is 7.34. The fourth-order valence-electron chi connectivity index (χ4n) is 7.34. The van der Waals surface area contributed by atoms with Gasteiger partial charge >= 0.3 is 6.17 Å². The van der Waals surface area contributed by atoms with Crippen LogP contribution in [-0.4, -0.2) is 47.2 Å². The van der Waals surface area contributed by atoms with E-state index in [1.165, 1.54) is 0 Å². The fraction of sp³-hybridized carbons (Fsp3) is 0.528. The number of fused-ring (bicyclic) bond motifs is 2. The minimum Gasteiger partial charge on any atom is -0.346 e. The van der Waals surface area contributed by atoms with Crippen molar-refractivity contribution in [3.8, 4) is 0 Å². The van der Waals surface area contributed by atoms with Crippen LogP contribution in [-0.2, 0) is 30.0 Å². The van der Waals surface area contributed by atoms with Crippen LogP contribution in [0.15, 0.2) is 54.6 Å². The second-order valence-corrected chi connectivity index (χ2v) is 14.6. The van der Waals surface area contributed by atoms with Gasteiger partial charge in [-0.2, -0.15) is 0 Å². The predicted molar refractivity (Wildman–Crippen MR) is 167 cm³/mol. The van der Waals surface area contributed by atoms with E-state index in [1.807, 2.05) is 75.4 Å². The lowest BCUT2D eigenvalue weighted by molar-refractivity contribution is -0.140. The average Bonchev–Trinajstić information content (AvgIpc) is 3.93. The quantitative estimate of drug-likeness (QED) is 0.361. The van der Waals surface area contributed by atoms with Crippen molar-refractivity contribution in [1.29, 1.82) is 0 Å². The Hall–Kier alpha value is -3.99. The van der Waals surface area contributed by atoms with E-state index < -0.39 is 29.0 Å². The molecule has 3 fully saturated rings. The Labute approximate surface area is 259 Å². The van der Waals surface area contributed by atoms with Gasteiger partial charge < -0.3 is 10.6 Å². The van der Waals surface area contributed by atoms with Crippen LogP contribution in [0.1, 0.15) is 83.3 Å². The normalized spacial score (nSPS) is 24.6. The number of nitrogens with one attached hydrogen (secondary N) is 2. The van der Waals surface area contributed by atoms with Crippen LogP contribution < -0.4 is 10.6 Å². The van der Waals surface area contributed by atoms with Gasteiger partial charge in [0.05, 0.1) is 17.9 Å². The third kappa shape index (κ3) is 5.65. The highest BCUT2D eigenvalue weighted by atomic mass is 16.2. The van der Waals surface area contributed by atoms with Crippen molar-refractivity contribution in [2.75, 3.05) is 11.9 Å². The molecule has 1 spiro atoms. The third-order valence-electron chi connectivity index (χ3n) is 10.0. The molecule has 8 nitrogen and oxygen atoms in total. The van der Waals surface area contributed by atoms with Crippen molar-refractivity contribution in [2.24, 2.45) is 17.3 Å². The molecule has 8 heteroatoms. The molecule has 2 aliphatic carbocycles. The summed E-state index contributed by atoms with van der Waals surface area (Å²) >= 11 is 0. The maximum Gasteiger partial charge on any atom is 0.302 e. The molecule has 3 amide bonds. The topological polar surface area (TPSA) is 99.9 Å². The molecule has 4 aliphatic rings. The van der Waals surface area contributed by atoms with E-state index in [0.29, 0.717) is 18.8 Å². The molecule has 44 heavy (non-hydrogen) atoms. The number of carbonyl (C=O) groups is 4. The van der Waals surface area contributed by atoms with E-state index in [-0.39, 0.29) is 48.3 Å². The van der Waals surface area contributed by atoms with Crippen molar-refractivity contribution in [2.45, 2.75) is 95.2 Å². The Morgan fingerprint density at radius 2 is 1.75 bits per heavy atom. The van der Waals surface area contributed by atoms with Crippen molar-refractivity contribution in [3.63, 3.8) is 0 Å². The summed E-state index contributed by atoms with van der Waals surface area (Å²) in [4.78, 5) is 60.7. The van der Waals surface area contributed by atoms with Gasteiger partial charge in [-0.25, -0.2) is 6.57 Å². The van der Waals surface area contributed by atoms with Gasteiger partial charge in [0.2, 0.25) is 17.7 Å². The molecule has 2 heterocycles. The lowest BCUT2D eigenvalue weighted by atomic mass is 9.80. The second-order valence-electron chi connectivity index (χ2n) is 14.6.